The van der Waals surface area contributed by atoms with Crippen molar-refractivity contribution in [2.24, 2.45) is 39.5 Å². The average molecular weight is 959 g/mol. The zero-order valence-corrected chi connectivity index (χ0v) is 42.1. The van der Waals surface area contributed by atoms with Crippen LogP contribution in [0.2, 0.25) is 5.02 Å². The lowest BCUT2D eigenvalue weighted by Crippen LogP contribution is -2.75. The zero-order valence-electron chi connectivity index (χ0n) is 40.5. The number of carbonyl (C=O) groups excluding carboxylic acids is 2. The Balaban J connectivity index is 0.709. The Hall–Kier alpha value is -3.50. The van der Waals surface area contributed by atoms with Gasteiger partial charge in [-0.3, -0.25) is 39.9 Å². The Kier molecular flexibility index (Phi) is 14.3. The number of likely N-dealkylation sites (tertiary alicyclic amines) is 2. The second-order valence-electron chi connectivity index (χ2n) is 21.4. The minimum atomic E-state index is -0.309. The summed E-state index contributed by atoms with van der Waals surface area (Å²) in [5, 5.41) is 24.0. The maximum absolute atomic E-state index is 13.6. The molecule has 15 nitrogen and oxygen atoms in total. The minimum absolute atomic E-state index is 0.0314. The summed E-state index contributed by atoms with van der Waals surface area (Å²) in [4.78, 5) is 39.6. The molecular formula is C50H72ClN11O4S. The van der Waals surface area contributed by atoms with Gasteiger partial charge in [-0.25, -0.2) is 10.9 Å². The molecule has 6 N–H and O–H groups in total. The Morgan fingerprint density at radius 3 is 2.31 bits per heavy atom. The zero-order chi connectivity index (χ0) is 47.4. The van der Waals surface area contributed by atoms with E-state index in [-0.39, 0.29) is 82.8 Å². The van der Waals surface area contributed by atoms with E-state index < -0.39 is 0 Å². The summed E-state index contributed by atoms with van der Waals surface area (Å²) in [5.41, 5.74) is 8.95. The fourth-order valence-electron chi connectivity index (χ4n) is 12.5. The van der Waals surface area contributed by atoms with Gasteiger partial charge in [-0.1, -0.05) is 53.1 Å². The molecule has 7 atom stereocenters. The van der Waals surface area contributed by atoms with Crippen molar-refractivity contribution in [3.63, 3.8) is 0 Å². The summed E-state index contributed by atoms with van der Waals surface area (Å²) >= 11 is 8.32. The molecule has 1 aliphatic carbocycles. The molecule has 6 heterocycles. The highest BCUT2D eigenvalue weighted by Gasteiger charge is 2.64. The summed E-state index contributed by atoms with van der Waals surface area (Å²) in [6.45, 7) is 24.2. The van der Waals surface area contributed by atoms with Gasteiger partial charge in [-0.2, -0.15) is 5.26 Å². The number of rotatable bonds is 13. The molecular weight excluding hydrogens is 886 g/mol. The maximum atomic E-state index is 13.6. The molecule has 6 aliphatic heterocycles. The third-order valence-electron chi connectivity index (χ3n) is 16.1. The molecule has 2 aromatic rings. The van der Waals surface area contributed by atoms with Crippen molar-refractivity contribution in [2.45, 2.75) is 128 Å². The molecule has 0 radical (unpaired) electrons. The number of nitrogens with one attached hydrogen (secondary N) is 6. The Morgan fingerprint density at radius 2 is 1.66 bits per heavy atom. The van der Waals surface area contributed by atoms with Gasteiger partial charge in [-0.15, -0.1) is 11.8 Å². The van der Waals surface area contributed by atoms with Gasteiger partial charge >= 0.3 is 0 Å². The molecule has 364 valence electrons. The van der Waals surface area contributed by atoms with Gasteiger partial charge in [0.1, 0.15) is 36.1 Å². The third-order valence-corrected chi connectivity index (χ3v) is 18.0. The second-order valence-corrected chi connectivity index (χ2v) is 23.3. The van der Waals surface area contributed by atoms with Crippen LogP contribution in [0.25, 0.3) is 0 Å². The first-order valence-electron chi connectivity index (χ1n) is 24.7. The number of thioether (sulfide) groups is 1. The van der Waals surface area contributed by atoms with Crippen molar-refractivity contribution in [3.05, 3.63) is 58.6 Å². The first-order valence-corrected chi connectivity index (χ1v) is 26.0. The van der Waals surface area contributed by atoms with Crippen LogP contribution in [0.3, 0.4) is 0 Å². The summed E-state index contributed by atoms with van der Waals surface area (Å²) in [7, 11) is 0. The van der Waals surface area contributed by atoms with Crippen LogP contribution in [-0.2, 0) is 9.59 Å². The molecule has 9 rings (SSSR count). The number of amides is 2. The fourth-order valence-corrected chi connectivity index (χ4v) is 14.5. The van der Waals surface area contributed by atoms with Crippen LogP contribution in [0.5, 0.6) is 11.5 Å². The number of halogens is 1. The number of ether oxygens (including phenoxy) is 2. The molecule has 6 unspecified atom stereocenters. The molecule has 2 amide bonds. The van der Waals surface area contributed by atoms with Crippen molar-refractivity contribution in [2.75, 3.05) is 52.4 Å². The number of aliphatic imine (C=N–C) groups is 1. The molecule has 1 saturated carbocycles. The third kappa shape index (κ3) is 9.71. The van der Waals surface area contributed by atoms with Gasteiger partial charge in [0.25, 0.3) is 0 Å². The summed E-state index contributed by atoms with van der Waals surface area (Å²) in [5.74, 6) is 2.76. The number of hydrogen-bond acceptors (Lipinski definition) is 14. The van der Waals surface area contributed by atoms with Gasteiger partial charge in [0.15, 0.2) is 0 Å². The first kappa shape index (κ1) is 48.5. The van der Waals surface area contributed by atoms with Crippen molar-refractivity contribution in [3.8, 4) is 17.6 Å². The fraction of sp³-hybridized carbons (Fsp3) is 0.680. The van der Waals surface area contributed by atoms with E-state index in [4.69, 9.17) is 26.1 Å². The van der Waals surface area contributed by atoms with Gasteiger partial charge in [0.2, 0.25) is 11.8 Å². The minimum Gasteiger partial charge on any atom is -0.489 e. The van der Waals surface area contributed by atoms with Crippen molar-refractivity contribution < 1.29 is 19.1 Å². The smallest absolute Gasteiger partial charge is 0.225 e. The second kappa shape index (κ2) is 19.7. The summed E-state index contributed by atoms with van der Waals surface area (Å²) < 4.78 is 12.9. The predicted molar refractivity (Wildman–Crippen MR) is 263 cm³/mol. The van der Waals surface area contributed by atoms with Crippen LogP contribution in [0, 0.1) is 45.8 Å². The summed E-state index contributed by atoms with van der Waals surface area (Å²) in [6, 6.07) is 15.5. The molecule has 17 heteroatoms. The van der Waals surface area contributed by atoms with E-state index in [0.717, 1.165) is 62.6 Å². The summed E-state index contributed by atoms with van der Waals surface area (Å²) in [6.07, 6.45) is 2.79. The maximum Gasteiger partial charge on any atom is 0.225 e. The van der Waals surface area contributed by atoms with Crippen molar-refractivity contribution in [1.29, 1.82) is 5.26 Å². The lowest BCUT2D eigenvalue weighted by atomic mass is 9.49. The quantitative estimate of drug-likeness (QED) is 0.165. The Bertz CT molecular complexity index is 2170. The van der Waals surface area contributed by atoms with Gasteiger partial charge in [0, 0.05) is 92.2 Å². The number of hydrazine groups is 1. The Morgan fingerprint density at radius 1 is 0.970 bits per heavy atom. The first-order chi connectivity index (χ1) is 32.0. The van der Waals surface area contributed by atoms with Crippen molar-refractivity contribution in [1.82, 2.24) is 46.8 Å². The molecule has 7 aliphatic rings. The van der Waals surface area contributed by atoms with Crippen LogP contribution >= 0.6 is 23.4 Å². The number of nitrogens with zero attached hydrogens (tertiary/aromatic N) is 5. The van der Waals surface area contributed by atoms with Crippen LogP contribution in [0.15, 0.2) is 47.5 Å². The number of hydrogen-bond donors (Lipinski definition) is 6. The molecule has 0 spiro atoms. The highest BCUT2D eigenvalue weighted by molar-refractivity contribution is 8.00. The molecule has 2 aromatic carbocycles. The van der Waals surface area contributed by atoms with Crippen LogP contribution in [0.1, 0.15) is 85.8 Å². The van der Waals surface area contributed by atoms with E-state index >= 15 is 0 Å². The standard InChI is InChI=1S/C50H72ClN11O4S/c1-9-53-40(63)21-39-43-59-58-30(4)62(43)45-41(28(2)29(3)67-45)42(56-39)32-10-13-35(14-11-32)65-37-26-60(27-37)25-31-16-18-61(19-17-31)48-54-23-34(24-55-48)44(64)57-46-49(5,6)47(50(46,7)8)66-36-15-12-33(22-52)38(51)20-36/h10-15,20,28-31,34,37,39,41,43,45-48,54-55,58-59H,9,16-19,21,23-27H2,1-8H3,(H,53,63)(H,57,64)/t28?,29?,30?,34?,39-,41?,43?,45?,46?,47?,48?/m0/s1. The van der Waals surface area contributed by atoms with E-state index in [2.05, 4.69) is 126 Å². The van der Waals surface area contributed by atoms with E-state index in [1.807, 2.05) is 18.7 Å². The van der Waals surface area contributed by atoms with E-state index in [1.165, 1.54) is 0 Å². The monoisotopic (exact) mass is 958 g/mol. The number of piperidine rings is 1. The number of nitriles is 1. The molecule has 0 aromatic heterocycles. The number of fused-ring (bicyclic) bond motifs is 3. The van der Waals surface area contributed by atoms with Gasteiger partial charge in [-0.05, 0) is 80.5 Å². The Labute approximate surface area is 406 Å². The number of carbonyl (C=O) groups is 2. The molecule has 5 saturated heterocycles. The highest BCUT2D eigenvalue weighted by Crippen LogP contribution is 2.56. The largest absolute Gasteiger partial charge is 0.489 e. The van der Waals surface area contributed by atoms with Crippen LogP contribution in [0.4, 0.5) is 0 Å². The molecule has 0 bridgehead atoms. The molecule has 67 heavy (non-hydrogen) atoms. The van der Waals surface area contributed by atoms with Crippen LogP contribution < -0.4 is 41.6 Å². The van der Waals surface area contributed by atoms with Crippen LogP contribution in [-0.4, -0.2) is 138 Å². The lowest BCUT2D eigenvalue weighted by molar-refractivity contribution is -0.174. The topological polar surface area (TPSA) is 171 Å². The number of benzene rings is 2. The van der Waals surface area contributed by atoms with Gasteiger partial charge < -0.3 is 20.1 Å². The van der Waals surface area contributed by atoms with E-state index in [0.29, 0.717) is 59.5 Å². The predicted octanol–water partition coefficient (Wildman–Crippen LogP) is 4.57. The van der Waals surface area contributed by atoms with E-state index in [1.54, 1.807) is 18.2 Å². The highest BCUT2D eigenvalue weighted by atomic mass is 35.5. The van der Waals surface area contributed by atoms with Crippen molar-refractivity contribution >= 4 is 40.9 Å². The molecule has 6 fully saturated rings. The lowest BCUT2D eigenvalue weighted by Gasteiger charge is -2.63. The average Bonchev–Trinajstić information content (AvgIpc) is 3.78. The normalized spacial score (nSPS) is 34.3. The van der Waals surface area contributed by atoms with Gasteiger partial charge in [0.05, 0.1) is 46.7 Å². The van der Waals surface area contributed by atoms with E-state index in [9.17, 15) is 14.9 Å². The SMILES string of the molecule is CCNC(=O)C[C@@H]1N=C(c2ccc(OC3CN(CC4CCN(C5NCC(C(=O)NC6C(C)(C)C(Oc7ccc(C#N)c(Cl)c7)C6(C)C)CN5)CC4)C3)cc2)C2C(C)C(C)SC2N2C(C)NNC12.